The van der Waals surface area contributed by atoms with Gasteiger partial charge in [0.05, 0.1) is 10.6 Å². The molecule has 0 atom stereocenters. The fourth-order valence-corrected chi connectivity index (χ4v) is 3.47. The highest BCUT2D eigenvalue weighted by Gasteiger charge is 2.23. The molecule has 7 heteroatoms. The number of hydrogen-bond donors (Lipinski definition) is 2. The highest BCUT2D eigenvalue weighted by molar-refractivity contribution is 7.92. The number of nitrogen functional groups attached to an aromatic ring is 1. The summed E-state index contributed by atoms with van der Waals surface area (Å²) in [5.74, 6) is 5.58. The maximum Gasteiger partial charge on any atom is 0.264 e. The standard InChI is InChI=1S/C14H18N4O2S/c1-3-18(12-6-4-11(2)5-7-12)21(19,20)13-8-9-16-14(10-13)17-15/h4-10H,3,15H2,1-2H3,(H,16,17). The van der Waals surface area contributed by atoms with E-state index in [0.29, 0.717) is 18.1 Å². The van der Waals surface area contributed by atoms with Crippen molar-refractivity contribution in [1.29, 1.82) is 0 Å². The van der Waals surface area contributed by atoms with Crippen LogP contribution in [0.25, 0.3) is 0 Å². The van der Waals surface area contributed by atoms with Gasteiger partial charge in [-0.2, -0.15) is 0 Å². The highest BCUT2D eigenvalue weighted by atomic mass is 32.2. The van der Waals surface area contributed by atoms with Crippen molar-refractivity contribution in [2.24, 2.45) is 5.84 Å². The van der Waals surface area contributed by atoms with Crippen LogP contribution < -0.4 is 15.6 Å². The quantitative estimate of drug-likeness (QED) is 0.650. The first-order chi connectivity index (χ1) is 9.98. The molecule has 0 fully saturated rings. The predicted octanol–water partition coefficient (Wildman–Crippen LogP) is 1.89. The second kappa shape index (κ2) is 6.11. The number of aromatic nitrogens is 1. The van der Waals surface area contributed by atoms with E-state index in [2.05, 4.69) is 10.4 Å². The summed E-state index contributed by atoms with van der Waals surface area (Å²) in [6.07, 6.45) is 1.41. The Morgan fingerprint density at radius 1 is 1.24 bits per heavy atom. The van der Waals surface area contributed by atoms with Crippen LogP contribution in [-0.2, 0) is 10.0 Å². The number of aryl methyl sites for hydroxylation is 1. The maximum absolute atomic E-state index is 12.7. The van der Waals surface area contributed by atoms with Crippen LogP contribution in [0.4, 0.5) is 11.5 Å². The van der Waals surface area contributed by atoms with Crippen molar-refractivity contribution in [3.05, 3.63) is 48.2 Å². The lowest BCUT2D eigenvalue weighted by atomic mass is 10.2. The van der Waals surface area contributed by atoms with E-state index in [0.717, 1.165) is 5.56 Å². The molecular weight excluding hydrogens is 288 g/mol. The molecule has 0 spiro atoms. The molecule has 0 aliphatic rings. The van der Waals surface area contributed by atoms with E-state index < -0.39 is 10.0 Å². The first kappa shape index (κ1) is 15.3. The van der Waals surface area contributed by atoms with Crippen LogP contribution in [-0.4, -0.2) is 19.9 Å². The second-order valence-electron chi connectivity index (χ2n) is 4.53. The monoisotopic (exact) mass is 306 g/mol. The summed E-state index contributed by atoms with van der Waals surface area (Å²) in [5.41, 5.74) is 4.05. The number of rotatable bonds is 5. The fourth-order valence-electron chi connectivity index (χ4n) is 1.98. The van der Waals surface area contributed by atoms with E-state index in [1.165, 1.54) is 22.6 Å². The molecule has 1 aromatic carbocycles. The number of hydrazine groups is 1. The van der Waals surface area contributed by atoms with E-state index in [-0.39, 0.29) is 4.90 Å². The first-order valence-electron chi connectivity index (χ1n) is 6.51. The molecular formula is C14H18N4O2S. The summed E-state index contributed by atoms with van der Waals surface area (Å²) in [5, 5.41) is 0. The summed E-state index contributed by atoms with van der Waals surface area (Å²) in [6.45, 7) is 4.08. The number of nitrogens with two attached hydrogens (primary N) is 1. The average molecular weight is 306 g/mol. The van der Waals surface area contributed by atoms with Gasteiger partial charge < -0.3 is 5.43 Å². The largest absolute Gasteiger partial charge is 0.308 e. The fraction of sp³-hybridized carbons (Fsp3) is 0.214. The minimum absolute atomic E-state index is 0.146. The van der Waals surface area contributed by atoms with Crippen molar-refractivity contribution in [2.75, 3.05) is 16.3 Å². The summed E-state index contributed by atoms with van der Waals surface area (Å²) in [7, 11) is -3.65. The number of sulfonamides is 1. The second-order valence-corrected chi connectivity index (χ2v) is 6.39. The average Bonchev–Trinajstić information content (AvgIpc) is 2.50. The molecule has 0 amide bonds. The van der Waals surface area contributed by atoms with E-state index in [1.54, 1.807) is 19.1 Å². The van der Waals surface area contributed by atoms with Gasteiger partial charge in [-0.15, -0.1) is 0 Å². The lowest BCUT2D eigenvalue weighted by Gasteiger charge is -2.23. The maximum atomic E-state index is 12.7. The molecule has 0 bridgehead atoms. The Bertz CT molecular complexity index is 714. The highest BCUT2D eigenvalue weighted by Crippen LogP contribution is 2.24. The van der Waals surface area contributed by atoms with Crippen molar-refractivity contribution >= 4 is 21.5 Å². The minimum Gasteiger partial charge on any atom is -0.308 e. The van der Waals surface area contributed by atoms with E-state index >= 15 is 0 Å². The van der Waals surface area contributed by atoms with Gasteiger partial charge in [0.15, 0.2) is 0 Å². The minimum atomic E-state index is -3.65. The van der Waals surface area contributed by atoms with Crippen LogP contribution in [0.1, 0.15) is 12.5 Å². The predicted molar refractivity (Wildman–Crippen MR) is 83.4 cm³/mol. The smallest absolute Gasteiger partial charge is 0.264 e. The molecule has 3 N–H and O–H groups in total. The number of hydrogen-bond acceptors (Lipinski definition) is 5. The Hall–Kier alpha value is -2.12. The molecule has 21 heavy (non-hydrogen) atoms. The van der Waals surface area contributed by atoms with Crippen LogP contribution >= 0.6 is 0 Å². The van der Waals surface area contributed by atoms with Gasteiger partial charge in [-0.05, 0) is 32.0 Å². The zero-order chi connectivity index (χ0) is 15.5. The molecule has 0 unspecified atom stereocenters. The third-order valence-electron chi connectivity index (χ3n) is 3.08. The Labute approximate surface area is 124 Å². The van der Waals surface area contributed by atoms with Gasteiger partial charge in [0.1, 0.15) is 5.82 Å². The van der Waals surface area contributed by atoms with Crippen LogP contribution in [0.15, 0.2) is 47.5 Å². The van der Waals surface area contributed by atoms with Gasteiger partial charge in [-0.1, -0.05) is 17.7 Å². The molecule has 0 saturated carbocycles. The number of nitrogens with one attached hydrogen (secondary N) is 1. The van der Waals surface area contributed by atoms with Crippen molar-refractivity contribution in [2.45, 2.75) is 18.7 Å². The first-order valence-corrected chi connectivity index (χ1v) is 7.95. The molecule has 0 saturated heterocycles. The molecule has 1 aromatic heterocycles. The molecule has 0 aliphatic carbocycles. The van der Waals surface area contributed by atoms with Crippen molar-refractivity contribution < 1.29 is 8.42 Å². The Balaban J connectivity index is 2.46. The zero-order valence-electron chi connectivity index (χ0n) is 11.9. The van der Waals surface area contributed by atoms with Crippen LogP contribution in [0, 0.1) is 6.92 Å². The third-order valence-corrected chi connectivity index (χ3v) is 4.98. The summed E-state index contributed by atoms with van der Waals surface area (Å²) >= 11 is 0. The van der Waals surface area contributed by atoms with Gasteiger partial charge >= 0.3 is 0 Å². The summed E-state index contributed by atoms with van der Waals surface area (Å²) in [6, 6.07) is 10.2. The van der Waals surface area contributed by atoms with Crippen molar-refractivity contribution in [1.82, 2.24) is 4.98 Å². The van der Waals surface area contributed by atoms with E-state index in [9.17, 15) is 8.42 Å². The Kier molecular flexibility index (Phi) is 4.44. The van der Waals surface area contributed by atoms with E-state index in [4.69, 9.17) is 5.84 Å². The van der Waals surface area contributed by atoms with Crippen LogP contribution in [0.2, 0.25) is 0 Å². The van der Waals surface area contributed by atoms with Crippen LogP contribution in [0.3, 0.4) is 0 Å². The zero-order valence-corrected chi connectivity index (χ0v) is 12.8. The summed E-state index contributed by atoms with van der Waals surface area (Å²) < 4.78 is 26.8. The third kappa shape index (κ3) is 3.14. The SMILES string of the molecule is CCN(c1ccc(C)cc1)S(=O)(=O)c1ccnc(NN)c1. The molecule has 0 radical (unpaired) electrons. The molecule has 2 aromatic rings. The molecule has 2 rings (SSSR count). The number of benzene rings is 1. The molecule has 6 nitrogen and oxygen atoms in total. The Morgan fingerprint density at radius 3 is 2.48 bits per heavy atom. The van der Waals surface area contributed by atoms with Crippen LogP contribution in [0.5, 0.6) is 0 Å². The lowest BCUT2D eigenvalue weighted by molar-refractivity contribution is 0.591. The number of nitrogens with zero attached hydrogens (tertiary/aromatic N) is 2. The normalized spacial score (nSPS) is 11.2. The lowest BCUT2D eigenvalue weighted by Crippen LogP contribution is -2.30. The van der Waals surface area contributed by atoms with E-state index in [1.807, 2.05) is 19.1 Å². The van der Waals surface area contributed by atoms with Gasteiger partial charge in [0, 0.05) is 18.8 Å². The van der Waals surface area contributed by atoms with Gasteiger partial charge in [0.25, 0.3) is 10.0 Å². The van der Waals surface area contributed by atoms with Gasteiger partial charge in [0.2, 0.25) is 0 Å². The van der Waals surface area contributed by atoms with Crippen molar-refractivity contribution in [3.63, 3.8) is 0 Å². The van der Waals surface area contributed by atoms with Crippen molar-refractivity contribution in [3.8, 4) is 0 Å². The molecule has 1 heterocycles. The summed E-state index contributed by atoms with van der Waals surface area (Å²) in [4.78, 5) is 4.07. The van der Waals surface area contributed by atoms with Gasteiger partial charge in [-0.3, -0.25) is 4.31 Å². The molecule has 0 aliphatic heterocycles. The number of anilines is 2. The van der Waals surface area contributed by atoms with Gasteiger partial charge in [-0.25, -0.2) is 19.2 Å². The number of pyridine rings is 1. The Morgan fingerprint density at radius 2 is 1.90 bits per heavy atom. The molecule has 112 valence electrons. The topological polar surface area (TPSA) is 88.3 Å².